The van der Waals surface area contributed by atoms with Crippen molar-refractivity contribution in [1.82, 2.24) is 4.90 Å². The average Bonchev–Trinajstić information content (AvgIpc) is 2.69. The lowest BCUT2D eigenvalue weighted by Gasteiger charge is -2.30. The van der Waals surface area contributed by atoms with E-state index in [1.54, 1.807) is 14.2 Å². The molecule has 4 nitrogen and oxygen atoms in total. The number of unbranched alkanes of at least 4 members (excludes halogenated alkanes) is 10. The normalized spacial score (nSPS) is 12.2. The number of hydrogen-bond acceptors (Lipinski definition) is 4. The molecule has 0 fully saturated rings. The third-order valence-corrected chi connectivity index (χ3v) is 8.23. The van der Waals surface area contributed by atoms with Crippen LogP contribution in [0.15, 0.2) is 0 Å². The molecule has 0 unspecified atom stereocenters. The van der Waals surface area contributed by atoms with Gasteiger partial charge in [0.15, 0.2) is 0 Å². The summed E-state index contributed by atoms with van der Waals surface area (Å²) in [6.07, 6.45) is 17.1. The molecular weight excluding hydrogens is 354 g/mol. The highest BCUT2D eigenvalue weighted by Gasteiger charge is 2.38. The molecule has 0 N–H and O–H groups in total. The Balaban J connectivity index is 4.31. The van der Waals surface area contributed by atoms with Crippen molar-refractivity contribution in [3.63, 3.8) is 0 Å². The van der Waals surface area contributed by atoms with Crippen LogP contribution in [0.4, 0.5) is 0 Å². The second-order valence-corrected chi connectivity index (χ2v) is 10.7. The molecule has 164 valence electrons. The molecule has 0 aromatic carbocycles. The van der Waals surface area contributed by atoms with E-state index in [4.69, 9.17) is 13.3 Å². The first-order valence-electron chi connectivity index (χ1n) is 11.6. The van der Waals surface area contributed by atoms with E-state index in [1.165, 1.54) is 77.0 Å². The summed E-state index contributed by atoms with van der Waals surface area (Å²) in [5.74, 6) is 0. The van der Waals surface area contributed by atoms with Crippen molar-refractivity contribution in [1.29, 1.82) is 0 Å². The van der Waals surface area contributed by atoms with Crippen LogP contribution in [0.3, 0.4) is 0 Å². The Hall–Kier alpha value is 0.0569. The van der Waals surface area contributed by atoms with Gasteiger partial charge in [-0.15, -0.1) is 0 Å². The van der Waals surface area contributed by atoms with Crippen molar-refractivity contribution >= 4 is 8.80 Å². The zero-order chi connectivity index (χ0) is 20.2. The first kappa shape index (κ1) is 27.1. The topological polar surface area (TPSA) is 30.9 Å². The molecule has 27 heavy (non-hydrogen) atoms. The summed E-state index contributed by atoms with van der Waals surface area (Å²) in [6.45, 7) is 9.62. The first-order valence-corrected chi connectivity index (χ1v) is 13.6. The molecular formula is C22H49NO3Si. The van der Waals surface area contributed by atoms with Gasteiger partial charge in [-0.2, -0.15) is 0 Å². The third kappa shape index (κ3) is 14.7. The van der Waals surface area contributed by atoms with E-state index in [0.717, 1.165) is 25.6 Å². The zero-order valence-corrected chi connectivity index (χ0v) is 20.2. The molecule has 0 radical (unpaired) electrons. The molecule has 0 heterocycles. The second kappa shape index (κ2) is 19.4. The molecule has 0 amide bonds. The average molecular weight is 404 g/mol. The fraction of sp³-hybridized carbons (Fsp3) is 1.00. The minimum atomic E-state index is -2.48. The number of rotatable bonds is 21. The van der Waals surface area contributed by atoms with Crippen LogP contribution in [0.1, 0.15) is 104 Å². The summed E-state index contributed by atoms with van der Waals surface area (Å²) in [7, 11) is 0.988. The quantitative estimate of drug-likeness (QED) is 0.122. The summed E-state index contributed by atoms with van der Waals surface area (Å²) in [5, 5.41) is 0. The predicted molar refractivity (Wildman–Crippen MR) is 119 cm³/mol. The fourth-order valence-corrected chi connectivity index (χ4v) is 5.39. The number of nitrogens with zero attached hydrogens (tertiary/aromatic N) is 1. The van der Waals surface area contributed by atoms with E-state index in [-0.39, 0.29) is 0 Å². The van der Waals surface area contributed by atoms with Crippen molar-refractivity contribution < 1.29 is 13.3 Å². The van der Waals surface area contributed by atoms with Gasteiger partial charge in [-0.1, -0.05) is 91.4 Å². The van der Waals surface area contributed by atoms with Crippen LogP contribution in [-0.4, -0.2) is 47.7 Å². The molecule has 0 bridgehead atoms. The van der Waals surface area contributed by atoms with E-state index < -0.39 is 8.80 Å². The lowest BCUT2D eigenvalue weighted by atomic mass is 10.1. The summed E-state index contributed by atoms with van der Waals surface area (Å²) >= 11 is 0. The van der Waals surface area contributed by atoms with E-state index in [2.05, 4.69) is 25.7 Å². The van der Waals surface area contributed by atoms with Gasteiger partial charge in [-0.3, -0.25) is 4.90 Å². The smallest absolute Gasteiger partial charge is 0.377 e. The SMILES string of the molecule is CCCCCCCCN(CCCCCCCC)CO[Si](CCC)(OC)OC. The minimum Gasteiger partial charge on any atom is -0.377 e. The van der Waals surface area contributed by atoms with Crippen molar-refractivity contribution in [2.24, 2.45) is 0 Å². The Labute approximate surface area is 171 Å². The fourth-order valence-electron chi connectivity index (χ4n) is 3.45. The van der Waals surface area contributed by atoms with Gasteiger partial charge >= 0.3 is 8.80 Å². The van der Waals surface area contributed by atoms with Gasteiger partial charge in [0.1, 0.15) is 0 Å². The number of hydrogen-bond donors (Lipinski definition) is 0. The van der Waals surface area contributed by atoms with E-state index in [0.29, 0.717) is 6.73 Å². The summed E-state index contributed by atoms with van der Waals surface area (Å²) in [4.78, 5) is 2.48. The van der Waals surface area contributed by atoms with Crippen LogP contribution in [0.2, 0.25) is 6.04 Å². The molecule has 0 aromatic heterocycles. The van der Waals surface area contributed by atoms with Gasteiger partial charge in [-0.25, -0.2) is 0 Å². The molecule has 0 aliphatic heterocycles. The molecule has 0 saturated carbocycles. The van der Waals surface area contributed by atoms with Gasteiger partial charge in [0.25, 0.3) is 0 Å². The first-order chi connectivity index (χ1) is 13.2. The lowest BCUT2D eigenvalue weighted by Crippen LogP contribution is -2.46. The highest BCUT2D eigenvalue weighted by molar-refractivity contribution is 6.60. The molecule has 0 aromatic rings. The lowest BCUT2D eigenvalue weighted by molar-refractivity contribution is 0.0353. The van der Waals surface area contributed by atoms with Crippen LogP contribution in [-0.2, 0) is 13.3 Å². The Kier molecular flexibility index (Phi) is 19.4. The Morgan fingerprint density at radius 3 is 1.44 bits per heavy atom. The maximum atomic E-state index is 6.24. The molecule has 0 rings (SSSR count). The van der Waals surface area contributed by atoms with Crippen LogP contribution < -0.4 is 0 Å². The highest BCUT2D eigenvalue weighted by atomic mass is 28.4. The Morgan fingerprint density at radius 2 is 1.04 bits per heavy atom. The second-order valence-electron chi connectivity index (χ2n) is 7.77. The minimum absolute atomic E-state index is 0.651. The molecule has 0 saturated heterocycles. The van der Waals surface area contributed by atoms with Crippen molar-refractivity contribution in [3.8, 4) is 0 Å². The largest absolute Gasteiger partial charge is 0.501 e. The standard InChI is InChI=1S/C22H49NO3Si/c1-6-9-11-13-15-17-19-23(20-18-16-14-12-10-7-2)22-26-27(24-4,25-5)21-8-3/h6-22H2,1-5H3. The summed E-state index contributed by atoms with van der Waals surface area (Å²) in [5.41, 5.74) is 0. The maximum Gasteiger partial charge on any atom is 0.501 e. The van der Waals surface area contributed by atoms with Gasteiger partial charge in [-0.05, 0) is 12.8 Å². The van der Waals surface area contributed by atoms with Gasteiger partial charge in [0.2, 0.25) is 0 Å². The molecule has 0 aliphatic rings. The Bertz CT molecular complexity index is 285. The third-order valence-electron chi connectivity index (χ3n) is 5.30. The molecule has 0 atom stereocenters. The van der Waals surface area contributed by atoms with Gasteiger partial charge in [0, 0.05) is 33.4 Å². The summed E-state index contributed by atoms with van der Waals surface area (Å²) in [6, 6.07) is 0.891. The van der Waals surface area contributed by atoms with Crippen molar-refractivity contribution in [3.05, 3.63) is 0 Å². The van der Waals surface area contributed by atoms with Crippen molar-refractivity contribution in [2.75, 3.05) is 34.0 Å². The zero-order valence-electron chi connectivity index (χ0n) is 19.2. The van der Waals surface area contributed by atoms with Gasteiger partial charge in [0.05, 0.1) is 6.73 Å². The van der Waals surface area contributed by atoms with E-state index in [1.807, 2.05) is 0 Å². The van der Waals surface area contributed by atoms with Crippen LogP contribution in [0.25, 0.3) is 0 Å². The van der Waals surface area contributed by atoms with Crippen LogP contribution in [0, 0.1) is 0 Å². The molecule has 0 spiro atoms. The maximum absolute atomic E-state index is 6.24. The predicted octanol–water partition coefficient (Wildman–Crippen LogP) is 6.63. The molecule has 5 heteroatoms. The monoisotopic (exact) mass is 403 g/mol. The van der Waals surface area contributed by atoms with E-state index >= 15 is 0 Å². The van der Waals surface area contributed by atoms with Crippen LogP contribution in [0.5, 0.6) is 0 Å². The van der Waals surface area contributed by atoms with Crippen LogP contribution >= 0.6 is 0 Å². The van der Waals surface area contributed by atoms with Crippen molar-refractivity contribution in [2.45, 2.75) is 110 Å². The Morgan fingerprint density at radius 1 is 0.593 bits per heavy atom. The van der Waals surface area contributed by atoms with Gasteiger partial charge < -0.3 is 13.3 Å². The molecule has 0 aliphatic carbocycles. The van der Waals surface area contributed by atoms with E-state index in [9.17, 15) is 0 Å². The summed E-state index contributed by atoms with van der Waals surface area (Å²) < 4.78 is 17.6. The highest BCUT2D eigenvalue weighted by Crippen LogP contribution is 2.17.